The van der Waals surface area contributed by atoms with Gasteiger partial charge in [-0.3, -0.25) is 4.55 Å². The van der Waals surface area contributed by atoms with Gasteiger partial charge in [-0.05, 0) is 16.7 Å². The molecule has 17 heavy (non-hydrogen) atoms. The third kappa shape index (κ3) is 2.38. The molecule has 1 aromatic rings. The second-order valence-corrected chi connectivity index (χ2v) is 5.32. The number of allylic oxidation sites excluding steroid dienone is 3. The van der Waals surface area contributed by atoms with Gasteiger partial charge in [0, 0.05) is 0 Å². The summed E-state index contributed by atoms with van der Waals surface area (Å²) in [6, 6.07) is 9.09. The zero-order valence-electron chi connectivity index (χ0n) is 9.08. The number of hydrogen-bond acceptors (Lipinski definition) is 2. The predicted molar refractivity (Wildman–Crippen MR) is 68.0 cm³/mol. The van der Waals surface area contributed by atoms with Crippen LogP contribution in [0.15, 0.2) is 60.7 Å². The summed E-state index contributed by atoms with van der Waals surface area (Å²) in [5.74, 6) is 0. The van der Waals surface area contributed by atoms with Crippen molar-refractivity contribution >= 4 is 15.7 Å². The van der Waals surface area contributed by atoms with E-state index in [1.54, 1.807) is 30.4 Å². The van der Waals surface area contributed by atoms with Crippen LogP contribution in [0.4, 0.5) is 0 Å². The topological polar surface area (TPSA) is 54.4 Å². The molecule has 0 saturated carbocycles. The summed E-state index contributed by atoms with van der Waals surface area (Å²) in [7, 11) is -4.19. The van der Waals surface area contributed by atoms with Crippen molar-refractivity contribution < 1.29 is 13.0 Å². The highest BCUT2D eigenvalue weighted by atomic mass is 32.2. The van der Waals surface area contributed by atoms with E-state index in [-0.39, 0.29) is 0 Å². The molecular formula is C13H12O3S. The van der Waals surface area contributed by atoms with E-state index in [2.05, 4.69) is 6.58 Å². The number of rotatable bonds is 2. The molecule has 0 saturated heterocycles. The van der Waals surface area contributed by atoms with E-state index < -0.39 is 15.4 Å². The lowest BCUT2D eigenvalue weighted by atomic mass is 9.94. The monoisotopic (exact) mass is 248 g/mol. The van der Waals surface area contributed by atoms with Crippen molar-refractivity contribution in [3.8, 4) is 0 Å². The van der Waals surface area contributed by atoms with Crippen molar-refractivity contribution in [1.29, 1.82) is 0 Å². The summed E-state index contributed by atoms with van der Waals surface area (Å²) in [5, 5.41) is -1.07. The summed E-state index contributed by atoms with van der Waals surface area (Å²) in [4.78, 5) is 0. The predicted octanol–water partition coefficient (Wildman–Crippen LogP) is 2.45. The molecule has 1 atom stereocenters. The van der Waals surface area contributed by atoms with Gasteiger partial charge >= 0.3 is 0 Å². The molecule has 1 aliphatic rings. The Kier molecular flexibility index (Phi) is 3.00. The Bertz CT molecular complexity index is 595. The van der Waals surface area contributed by atoms with Crippen LogP contribution in [0.5, 0.6) is 0 Å². The van der Waals surface area contributed by atoms with Crippen LogP contribution in [0.1, 0.15) is 5.56 Å². The van der Waals surface area contributed by atoms with Crippen LogP contribution in [0.3, 0.4) is 0 Å². The molecule has 0 spiro atoms. The smallest absolute Gasteiger partial charge is 0.276 e. The van der Waals surface area contributed by atoms with Gasteiger partial charge in [-0.1, -0.05) is 55.1 Å². The van der Waals surface area contributed by atoms with Crippen molar-refractivity contribution in [3.63, 3.8) is 0 Å². The molecule has 1 N–H and O–H groups in total. The van der Waals surface area contributed by atoms with E-state index in [1.165, 1.54) is 0 Å². The van der Waals surface area contributed by atoms with Gasteiger partial charge in [0.05, 0.1) is 0 Å². The van der Waals surface area contributed by atoms with E-state index in [4.69, 9.17) is 0 Å². The first kappa shape index (κ1) is 11.8. The molecule has 0 aliphatic heterocycles. The zero-order valence-corrected chi connectivity index (χ0v) is 9.89. The van der Waals surface area contributed by atoms with Gasteiger partial charge < -0.3 is 0 Å². The van der Waals surface area contributed by atoms with Crippen LogP contribution in [-0.2, 0) is 10.1 Å². The molecule has 2 rings (SSSR count). The highest BCUT2D eigenvalue weighted by Gasteiger charge is 2.30. The molecule has 0 bridgehead atoms. The van der Waals surface area contributed by atoms with Crippen LogP contribution >= 0.6 is 0 Å². The third-order valence-corrected chi connectivity index (χ3v) is 3.76. The maximum Gasteiger partial charge on any atom is 0.276 e. The Labute approximate surface area is 101 Å². The van der Waals surface area contributed by atoms with Gasteiger partial charge in [-0.2, -0.15) is 8.42 Å². The SMILES string of the molecule is C=C1C=CC=C(c2ccccc2)C1S(=O)(=O)O. The Morgan fingerprint density at radius 1 is 1.18 bits per heavy atom. The standard InChI is InChI=1S/C13H12O3S/c1-10-6-5-9-12(13(10)17(14,15)16)11-7-3-2-4-8-11/h2-9,13H,1H2,(H,14,15,16). The lowest BCUT2D eigenvalue weighted by Gasteiger charge is -2.21. The molecule has 88 valence electrons. The fraction of sp³-hybridized carbons (Fsp3) is 0.0769. The van der Waals surface area contributed by atoms with Crippen molar-refractivity contribution in [2.75, 3.05) is 0 Å². The molecule has 3 nitrogen and oxygen atoms in total. The van der Waals surface area contributed by atoms with Crippen molar-refractivity contribution in [3.05, 3.63) is 66.3 Å². The van der Waals surface area contributed by atoms with E-state index in [0.29, 0.717) is 11.1 Å². The molecule has 1 unspecified atom stereocenters. The molecule has 0 fully saturated rings. The summed E-state index contributed by atoms with van der Waals surface area (Å²) in [5.41, 5.74) is 1.68. The second-order valence-electron chi connectivity index (χ2n) is 3.82. The fourth-order valence-corrected chi connectivity index (χ4v) is 2.88. The molecule has 0 amide bonds. The second kappa shape index (κ2) is 4.31. The van der Waals surface area contributed by atoms with Gasteiger partial charge in [0.1, 0.15) is 5.25 Å². The van der Waals surface area contributed by atoms with Gasteiger partial charge in [-0.25, -0.2) is 0 Å². The lowest BCUT2D eigenvalue weighted by Crippen LogP contribution is -2.24. The maximum absolute atomic E-state index is 11.4. The molecule has 0 radical (unpaired) electrons. The maximum atomic E-state index is 11.4. The van der Waals surface area contributed by atoms with Gasteiger partial charge in [0.15, 0.2) is 0 Å². The summed E-state index contributed by atoms with van der Waals surface area (Å²) in [6.07, 6.45) is 5.00. The zero-order chi connectivity index (χ0) is 12.5. The third-order valence-electron chi connectivity index (χ3n) is 2.61. The van der Waals surface area contributed by atoms with Crippen LogP contribution in [0.25, 0.3) is 5.57 Å². The first-order valence-electron chi connectivity index (χ1n) is 5.09. The van der Waals surface area contributed by atoms with Crippen molar-refractivity contribution in [2.45, 2.75) is 5.25 Å². The Balaban J connectivity index is 2.55. The van der Waals surface area contributed by atoms with Gasteiger partial charge in [0.2, 0.25) is 0 Å². The summed E-state index contributed by atoms with van der Waals surface area (Å²) >= 11 is 0. The molecule has 4 heteroatoms. The Morgan fingerprint density at radius 2 is 1.82 bits per heavy atom. The average molecular weight is 248 g/mol. The molecule has 0 heterocycles. The van der Waals surface area contributed by atoms with Crippen LogP contribution < -0.4 is 0 Å². The molecular weight excluding hydrogens is 236 g/mol. The Morgan fingerprint density at radius 3 is 2.41 bits per heavy atom. The van der Waals surface area contributed by atoms with E-state index in [9.17, 15) is 13.0 Å². The molecule has 0 aromatic heterocycles. The van der Waals surface area contributed by atoms with Gasteiger partial charge in [-0.15, -0.1) is 0 Å². The first-order chi connectivity index (χ1) is 8.00. The van der Waals surface area contributed by atoms with Gasteiger partial charge in [0.25, 0.3) is 10.1 Å². The normalized spacial score (nSPS) is 20.2. The Hall–Kier alpha value is -1.65. The summed E-state index contributed by atoms with van der Waals surface area (Å²) < 4.78 is 32.1. The van der Waals surface area contributed by atoms with E-state index in [0.717, 1.165) is 5.56 Å². The highest BCUT2D eigenvalue weighted by Crippen LogP contribution is 2.31. The largest absolute Gasteiger partial charge is 0.285 e. The minimum Gasteiger partial charge on any atom is -0.285 e. The minimum absolute atomic E-state index is 0.369. The number of hydrogen-bond donors (Lipinski definition) is 1. The summed E-state index contributed by atoms with van der Waals surface area (Å²) in [6.45, 7) is 3.67. The van der Waals surface area contributed by atoms with E-state index in [1.807, 2.05) is 18.2 Å². The van der Waals surface area contributed by atoms with Crippen LogP contribution in [0.2, 0.25) is 0 Å². The van der Waals surface area contributed by atoms with E-state index >= 15 is 0 Å². The van der Waals surface area contributed by atoms with Crippen LogP contribution in [0, 0.1) is 0 Å². The molecule has 1 aliphatic carbocycles. The van der Waals surface area contributed by atoms with Crippen molar-refractivity contribution in [2.24, 2.45) is 0 Å². The lowest BCUT2D eigenvalue weighted by molar-refractivity contribution is 0.480. The highest BCUT2D eigenvalue weighted by molar-refractivity contribution is 7.87. The van der Waals surface area contributed by atoms with Crippen molar-refractivity contribution in [1.82, 2.24) is 0 Å². The van der Waals surface area contributed by atoms with Crippen LogP contribution in [-0.4, -0.2) is 18.2 Å². The quantitative estimate of drug-likeness (QED) is 0.818. The fourth-order valence-electron chi connectivity index (χ4n) is 1.88. The number of benzene rings is 1. The first-order valence-corrected chi connectivity index (χ1v) is 6.59. The molecule has 1 aromatic carbocycles. The minimum atomic E-state index is -4.19. The average Bonchev–Trinajstić information content (AvgIpc) is 2.28.